The van der Waals surface area contributed by atoms with Crippen LogP contribution >= 0.6 is 0 Å². The Morgan fingerprint density at radius 3 is 2.64 bits per heavy atom. The van der Waals surface area contributed by atoms with Crippen LogP contribution in [0.4, 0.5) is 5.69 Å². The van der Waals surface area contributed by atoms with Gasteiger partial charge >= 0.3 is 0 Å². The highest BCUT2D eigenvalue weighted by atomic mass is 16.5. The zero-order valence-electron chi connectivity index (χ0n) is 12.8. The molecule has 0 saturated carbocycles. The van der Waals surface area contributed by atoms with E-state index in [4.69, 9.17) is 4.74 Å². The number of benzene rings is 1. The maximum absolute atomic E-state index is 11.9. The fourth-order valence-electron chi connectivity index (χ4n) is 1.96. The third-order valence-electron chi connectivity index (χ3n) is 3.17. The van der Waals surface area contributed by atoms with Gasteiger partial charge in [0.2, 0.25) is 0 Å². The fraction of sp³-hybridized carbons (Fsp3) is 0.353. The summed E-state index contributed by atoms with van der Waals surface area (Å²) >= 11 is 0. The molecule has 2 aromatic rings. The van der Waals surface area contributed by atoms with Gasteiger partial charge in [-0.2, -0.15) is 0 Å². The van der Waals surface area contributed by atoms with Crippen LogP contribution in [0, 0.1) is 0 Å². The predicted octanol–water partition coefficient (Wildman–Crippen LogP) is 3.69. The summed E-state index contributed by atoms with van der Waals surface area (Å²) in [7, 11) is 0. The molecule has 1 aromatic carbocycles. The van der Waals surface area contributed by atoms with Crippen molar-refractivity contribution in [2.75, 3.05) is 11.9 Å². The van der Waals surface area contributed by atoms with E-state index in [0.29, 0.717) is 11.4 Å². The van der Waals surface area contributed by atoms with Crippen LogP contribution in [0.25, 0.3) is 0 Å². The summed E-state index contributed by atoms with van der Waals surface area (Å²) in [5.41, 5.74) is 0.993. The minimum Gasteiger partial charge on any atom is -0.494 e. The Morgan fingerprint density at radius 2 is 1.95 bits per heavy atom. The lowest BCUT2D eigenvalue weighted by atomic mass is 10.2. The molecule has 5 nitrogen and oxygen atoms in total. The molecular weight excluding hydrogens is 278 g/mol. The average molecular weight is 299 g/mol. The van der Waals surface area contributed by atoms with Gasteiger partial charge in [-0.1, -0.05) is 26.2 Å². The van der Waals surface area contributed by atoms with Crippen molar-refractivity contribution >= 4 is 11.6 Å². The first-order chi connectivity index (χ1) is 10.8. The molecule has 5 heteroatoms. The number of unbranched alkanes of at least 4 members (excludes halogenated alkanes) is 3. The number of aromatic nitrogens is 2. The van der Waals surface area contributed by atoms with E-state index in [1.54, 1.807) is 0 Å². The molecule has 2 rings (SSSR count). The maximum Gasteiger partial charge on any atom is 0.275 e. The van der Waals surface area contributed by atoms with Gasteiger partial charge in [-0.15, -0.1) is 0 Å². The lowest BCUT2D eigenvalue weighted by molar-refractivity contribution is 0.102. The summed E-state index contributed by atoms with van der Waals surface area (Å²) in [6.45, 7) is 2.92. The van der Waals surface area contributed by atoms with E-state index in [1.165, 1.54) is 37.9 Å². The standard InChI is InChI=1S/C17H21N3O2/c1-2-3-4-5-12-22-15-8-6-14(7-9-15)20-17(21)16-13-18-10-11-19-16/h6-11,13H,2-5,12H2,1H3,(H,20,21). The van der Waals surface area contributed by atoms with Crippen LogP contribution in [0.2, 0.25) is 0 Å². The molecule has 116 valence electrons. The summed E-state index contributed by atoms with van der Waals surface area (Å²) in [6.07, 6.45) is 9.19. The first-order valence-corrected chi connectivity index (χ1v) is 7.60. The highest BCUT2D eigenvalue weighted by molar-refractivity contribution is 6.02. The maximum atomic E-state index is 11.9. The van der Waals surface area contributed by atoms with E-state index in [1.807, 2.05) is 24.3 Å². The van der Waals surface area contributed by atoms with E-state index >= 15 is 0 Å². The molecule has 0 aliphatic carbocycles. The van der Waals surface area contributed by atoms with Gasteiger partial charge in [-0.3, -0.25) is 9.78 Å². The molecule has 1 N–H and O–H groups in total. The van der Waals surface area contributed by atoms with Crippen LogP contribution in [0.3, 0.4) is 0 Å². The molecule has 0 saturated heterocycles. The SMILES string of the molecule is CCCCCCOc1ccc(NC(=O)c2cnccn2)cc1. The predicted molar refractivity (Wildman–Crippen MR) is 86.1 cm³/mol. The van der Waals surface area contributed by atoms with Crippen molar-refractivity contribution in [1.29, 1.82) is 0 Å². The molecule has 0 fully saturated rings. The second-order valence-electron chi connectivity index (χ2n) is 4.98. The molecule has 0 aliphatic heterocycles. The van der Waals surface area contributed by atoms with Crippen molar-refractivity contribution in [2.45, 2.75) is 32.6 Å². The van der Waals surface area contributed by atoms with Crippen LogP contribution in [0.1, 0.15) is 43.1 Å². The first-order valence-electron chi connectivity index (χ1n) is 7.60. The minimum atomic E-state index is -0.277. The smallest absolute Gasteiger partial charge is 0.275 e. The van der Waals surface area contributed by atoms with Crippen molar-refractivity contribution in [1.82, 2.24) is 9.97 Å². The van der Waals surface area contributed by atoms with Crippen LogP contribution in [0.5, 0.6) is 5.75 Å². The van der Waals surface area contributed by atoms with E-state index in [-0.39, 0.29) is 5.91 Å². The second kappa shape index (κ2) is 8.77. The second-order valence-corrected chi connectivity index (χ2v) is 4.98. The van der Waals surface area contributed by atoms with Gasteiger partial charge in [0.1, 0.15) is 11.4 Å². The Labute approximate surface area is 130 Å². The van der Waals surface area contributed by atoms with Crippen molar-refractivity contribution < 1.29 is 9.53 Å². The average Bonchev–Trinajstić information content (AvgIpc) is 2.57. The highest BCUT2D eigenvalue weighted by Gasteiger charge is 2.07. The van der Waals surface area contributed by atoms with Crippen LogP contribution in [0.15, 0.2) is 42.9 Å². The molecule has 0 unspecified atom stereocenters. The molecule has 1 aromatic heterocycles. The Balaban J connectivity index is 1.80. The topological polar surface area (TPSA) is 64.1 Å². The number of anilines is 1. The lowest BCUT2D eigenvalue weighted by Gasteiger charge is -2.08. The molecule has 0 spiro atoms. The third kappa shape index (κ3) is 5.16. The summed E-state index contributed by atoms with van der Waals surface area (Å²) in [4.78, 5) is 19.8. The highest BCUT2D eigenvalue weighted by Crippen LogP contribution is 2.16. The monoisotopic (exact) mass is 299 g/mol. The molecule has 1 amide bonds. The van der Waals surface area contributed by atoms with Crippen LogP contribution in [-0.4, -0.2) is 22.5 Å². The van der Waals surface area contributed by atoms with Crippen molar-refractivity contribution in [3.63, 3.8) is 0 Å². The van der Waals surface area contributed by atoms with Crippen molar-refractivity contribution in [3.8, 4) is 5.75 Å². The Kier molecular flexibility index (Phi) is 6.36. The van der Waals surface area contributed by atoms with Crippen molar-refractivity contribution in [2.24, 2.45) is 0 Å². The third-order valence-corrected chi connectivity index (χ3v) is 3.17. The summed E-state index contributed by atoms with van der Waals surface area (Å²) in [5, 5.41) is 2.77. The van der Waals surface area contributed by atoms with E-state index < -0.39 is 0 Å². The molecule has 22 heavy (non-hydrogen) atoms. The Morgan fingerprint density at radius 1 is 1.14 bits per heavy atom. The summed E-state index contributed by atoms with van der Waals surface area (Å²) in [6, 6.07) is 7.34. The number of hydrogen-bond donors (Lipinski definition) is 1. The molecule has 0 radical (unpaired) electrons. The number of carbonyl (C=O) groups is 1. The van der Waals surface area contributed by atoms with Gasteiger partial charge in [0.25, 0.3) is 5.91 Å². The van der Waals surface area contributed by atoms with E-state index in [0.717, 1.165) is 18.8 Å². The van der Waals surface area contributed by atoms with Gasteiger partial charge in [0.05, 0.1) is 12.8 Å². The molecule has 1 heterocycles. The minimum absolute atomic E-state index is 0.277. The number of ether oxygens (including phenoxy) is 1. The van der Waals surface area contributed by atoms with E-state index in [2.05, 4.69) is 22.2 Å². The zero-order chi connectivity index (χ0) is 15.6. The normalized spacial score (nSPS) is 10.2. The number of rotatable bonds is 8. The molecule has 0 aliphatic rings. The largest absolute Gasteiger partial charge is 0.494 e. The van der Waals surface area contributed by atoms with Crippen LogP contribution < -0.4 is 10.1 Å². The van der Waals surface area contributed by atoms with Gasteiger partial charge in [-0.05, 0) is 30.7 Å². The molecular formula is C17H21N3O2. The quantitative estimate of drug-likeness (QED) is 0.755. The van der Waals surface area contributed by atoms with E-state index in [9.17, 15) is 4.79 Å². The zero-order valence-corrected chi connectivity index (χ0v) is 12.8. The molecule has 0 bridgehead atoms. The number of nitrogens with zero attached hydrogens (tertiary/aromatic N) is 2. The number of hydrogen-bond acceptors (Lipinski definition) is 4. The lowest BCUT2D eigenvalue weighted by Crippen LogP contribution is -2.13. The van der Waals surface area contributed by atoms with Gasteiger partial charge in [0.15, 0.2) is 0 Å². The van der Waals surface area contributed by atoms with Gasteiger partial charge in [-0.25, -0.2) is 4.98 Å². The van der Waals surface area contributed by atoms with Crippen molar-refractivity contribution in [3.05, 3.63) is 48.5 Å². The van der Waals surface area contributed by atoms with Gasteiger partial charge < -0.3 is 10.1 Å². The van der Waals surface area contributed by atoms with Gasteiger partial charge in [0, 0.05) is 18.1 Å². The first kappa shape index (κ1) is 15.9. The fourth-order valence-corrected chi connectivity index (χ4v) is 1.96. The summed E-state index contributed by atoms with van der Waals surface area (Å²) in [5.74, 6) is 0.537. The number of carbonyl (C=O) groups excluding carboxylic acids is 1. The Bertz CT molecular complexity index is 570. The Hall–Kier alpha value is -2.43. The molecule has 0 atom stereocenters. The number of nitrogens with one attached hydrogen (secondary N) is 1. The van der Waals surface area contributed by atoms with Crippen LogP contribution in [-0.2, 0) is 0 Å². The summed E-state index contributed by atoms with van der Waals surface area (Å²) < 4.78 is 5.66. The number of amides is 1.